The molecule has 2 aromatic rings. The first kappa shape index (κ1) is 32.6. The predicted molar refractivity (Wildman–Crippen MR) is 167 cm³/mol. The fraction of sp³-hybridized carbons (Fsp3) is 0.647. The van der Waals surface area contributed by atoms with E-state index in [1.165, 1.54) is 11.1 Å². The first-order valence-corrected chi connectivity index (χ1v) is 16.2. The molecule has 1 N–H and O–H groups in total. The lowest BCUT2D eigenvalue weighted by Gasteiger charge is -2.31. The summed E-state index contributed by atoms with van der Waals surface area (Å²) in [6.07, 6.45) is 2.04. The zero-order chi connectivity index (χ0) is 29.5. The predicted octanol–water partition coefficient (Wildman–Crippen LogP) is 10.2. The van der Waals surface area contributed by atoms with E-state index in [9.17, 15) is 4.89 Å². The van der Waals surface area contributed by atoms with Crippen molar-refractivity contribution in [3.05, 3.63) is 57.6 Å². The summed E-state index contributed by atoms with van der Waals surface area (Å²) in [5.41, 5.74) is 6.76. The van der Waals surface area contributed by atoms with E-state index in [4.69, 9.17) is 9.05 Å². The summed E-state index contributed by atoms with van der Waals surface area (Å²) in [6, 6.07) is 9.04. The van der Waals surface area contributed by atoms with E-state index in [1.54, 1.807) is 0 Å². The lowest BCUT2D eigenvalue weighted by atomic mass is 9.78. The van der Waals surface area contributed by atoms with Crippen molar-refractivity contribution in [1.82, 2.24) is 0 Å². The van der Waals surface area contributed by atoms with Crippen molar-refractivity contribution >= 4 is 7.94 Å². The topological polar surface area (TPSA) is 38.7 Å². The third-order valence-electron chi connectivity index (χ3n) is 7.31. The number of hydrogen-bond donors (Lipinski definition) is 1. The molecule has 2 aromatic carbocycles. The maximum Gasteiger partial charge on any atom is 0.494 e. The minimum absolute atomic E-state index is 0.0155. The van der Waals surface area contributed by atoms with Crippen molar-refractivity contribution in [2.45, 2.75) is 138 Å². The van der Waals surface area contributed by atoms with Crippen LogP contribution in [-0.4, -0.2) is 11.1 Å². The maximum atomic E-state index is 12.1. The van der Waals surface area contributed by atoms with E-state index in [0.29, 0.717) is 6.16 Å². The van der Waals surface area contributed by atoms with E-state index in [1.807, 2.05) is 6.92 Å². The minimum atomic E-state index is -3.28. The highest BCUT2D eigenvalue weighted by atomic mass is 31.2. The van der Waals surface area contributed by atoms with Crippen LogP contribution >= 0.6 is 7.94 Å². The number of hydrogen-bond acceptors (Lipinski definition) is 3. The third kappa shape index (κ3) is 7.54. The van der Waals surface area contributed by atoms with Crippen molar-refractivity contribution in [2.75, 3.05) is 6.16 Å². The van der Waals surface area contributed by atoms with Crippen molar-refractivity contribution in [3.8, 4) is 11.5 Å². The molecule has 0 amide bonds. The molecule has 0 bridgehead atoms. The van der Waals surface area contributed by atoms with Gasteiger partial charge in [-0.15, -0.1) is 0 Å². The molecule has 0 spiro atoms. The van der Waals surface area contributed by atoms with Gasteiger partial charge in [-0.05, 0) is 52.6 Å². The third-order valence-corrected chi connectivity index (χ3v) is 9.04. The molecule has 214 valence electrons. The van der Waals surface area contributed by atoms with E-state index < -0.39 is 7.94 Å². The number of rotatable bonds is 7. The van der Waals surface area contributed by atoms with Crippen molar-refractivity contribution < 1.29 is 13.9 Å². The van der Waals surface area contributed by atoms with Gasteiger partial charge in [0, 0.05) is 22.3 Å². The molecule has 3 nitrogen and oxygen atoms in total. The molecular weight excluding hydrogens is 487 g/mol. The molecular formula is C34H56O3P+. The summed E-state index contributed by atoms with van der Waals surface area (Å²) in [4.78, 5) is 12.1. The summed E-state index contributed by atoms with van der Waals surface area (Å²) < 4.78 is 13.4. The van der Waals surface area contributed by atoms with Crippen LogP contribution < -0.4 is 9.05 Å². The molecule has 0 atom stereocenters. The summed E-state index contributed by atoms with van der Waals surface area (Å²) >= 11 is 0. The molecule has 0 aliphatic heterocycles. The quantitative estimate of drug-likeness (QED) is 0.353. The van der Waals surface area contributed by atoms with E-state index in [2.05, 4.69) is 121 Å². The fourth-order valence-corrected chi connectivity index (χ4v) is 5.83. The summed E-state index contributed by atoms with van der Waals surface area (Å²) in [5, 5.41) is 0. The van der Waals surface area contributed by atoms with Gasteiger partial charge in [-0.2, -0.15) is 4.89 Å². The highest BCUT2D eigenvalue weighted by Gasteiger charge is 2.46. The Hall–Kier alpha value is -1.57. The SMILES string of the molecule is CCc1cc(C(C)(C)C)cc(C(C)(C)C)c1O[P+](O)(CC)Oc1c(CC)cc(C(C)(C)C)cc1C(C)(C)C. The Morgan fingerprint density at radius 2 is 0.868 bits per heavy atom. The van der Waals surface area contributed by atoms with Gasteiger partial charge in [-0.1, -0.05) is 121 Å². The Kier molecular flexibility index (Phi) is 9.56. The van der Waals surface area contributed by atoms with Crippen LogP contribution in [0.4, 0.5) is 0 Å². The second-order valence-corrected chi connectivity index (χ2v) is 17.1. The van der Waals surface area contributed by atoms with Crippen LogP contribution in [0, 0.1) is 0 Å². The average Bonchev–Trinajstić information content (AvgIpc) is 2.76. The molecule has 0 radical (unpaired) electrons. The van der Waals surface area contributed by atoms with Gasteiger partial charge in [0.1, 0.15) is 0 Å². The lowest BCUT2D eigenvalue weighted by molar-refractivity contribution is 0.336. The first-order chi connectivity index (χ1) is 17.1. The normalized spacial score (nSPS) is 13.6. The highest BCUT2D eigenvalue weighted by molar-refractivity contribution is 7.61. The fourth-order valence-electron chi connectivity index (χ4n) is 4.53. The van der Waals surface area contributed by atoms with Crippen molar-refractivity contribution in [1.29, 1.82) is 0 Å². The van der Waals surface area contributed by atoms with Crippen LogP contribution in [0.5, 0.6) is 11.5 Å². The molecule has 0 unspecified atom stereocenters. The Labute approximate surface area is 235 Å². The summed E-state index contributed by atoms with van der Waals surface area (Å²) in [5.74, 6) is 1.57. The molecule has 38 heavy (non-hydrogen) atoms. The van der Waals surface area contributed by atoms with E-state index in [0.717, 1.165) is 46.6 Å². The van der Waals surface area contributed by atoms with E-state index in [-0.39, 0.29) is 21.7 Å². The van der Waals surface area contributed by atoms with Crippen molar-refractivity contribution in [2.24, 2.45) is 0 Å². The summed E-state index contributed by atoms with van der Waals surface area (Å²) in [6.45, 7) is 33.0. The van der Waals surface area contributed by atoms with Gasteiger partial charge in [0.25, 0.3) is 0 Å². The molecule has 4 heteroatoms. The number of aryl methyl sites for hydroxylation is 2. The smallest absolute Gasteiger partial charge is 0.277 e. The molecule has 0 heterocycles. The average molecular weight is 544 g/mol. The van der Waals surface area contributed by atoms with Gasteiger partial charge in [-0.3, -0.25) is 9.05 Å². The summed E-state index contributed by atoms with van der Waals surface area (Å²) in [7, 11) is -3.28. The highest BCUT2D eigenvalue weighted by Crippen LogP contribution is 2.59. The zero-order valence-electron chi connectivity index (χ0n) is 27.1. The Morgan fingerprint density at radius 3 is 1.08 bits per heavy atom. The van der Waals surface area contributed by atoms with Crippen LogP contribution in [-0.2, 0) is 34.5 Å². The van der Waals surface area contributed by atoms with Crippen LogP contribution in [0.1, 0.15) is 137 Å². The first-order valence-electron chi connectivity index (χ1n) is 14.4. The zero-order valence-corrected chi connectivity index (χ0v) is 28.0. The molecule has 2 rings (SSSR count). The maximum absolute atomic E-state index is 12.1. The Balaban J connectivity index is 2.76. The van der Waals surface area contributed by atoms with Crippen molar-refractivity contribution in [3.63, 3.8) is 0 Å². The monoisotopic (exact) mass is 543 g/mol. The van der Waals surface area contributed by atoms with Crippen LogP contribution in [0.15, 0.2) is 24.3 Å². The molecule has 0 aliphatic rings. The van der Waals surface area contributed by atoms with Crippen LogP contribution in [0.2, 0.25) is 0 Å². The van der Waals surface area contributed by atoms with Gasteiger partial charge < -0.3 is 0 Å². The minimum Gasteiger partial charge on any atom is -0.277 e. The van der Waals surface area contributed by atoms with Crippen LogP contribution in [0.25, 0.3) is 0 Å². The van der Waals surface area contributed by atoms with Gasteiger partial charge in [0.2, 0.25) is 0 Å². The second kappa shape index (κ2) is 11.1. The van der Waals surface area contributed by atoms with Crippen LogP contribution in [0.3, 0.4) is 0 Å². The second-order valence-electron chi connectivity index (χ2n) is 14.9. The standard InChI is InChI=1S/C34H56O3P/c1-16-23-19-25(31(4,5)6)21-27(33(10,11)12)29(23)36-38(35,18-3)37-30-24(17-2)20-26(32(7,8)9)22-28(30)34(13,14)15/h19-22,35H,16-18H2,1-15H3/q+1. The number of benzene rings is 2. The molecule has 0 fully saturated rings. The Morgan fingerprint density at radius 1 is 0.553 bits per heavy atom. The van der Waals surface area contributed by atoms with Gasteiger partial charge >= 0.3 is 7.94 Å². The molecule has 0 saturated carbocycles. The van der Waals surface area contributed by atoms with E-state index >= 15 is 0 Å². The van der Waals surface area contributed by atoms with Gasteiger partial charge in [-0.25, -0.2) is 0 Å². The molecule has 0 aromatic heterocycles. The Bertz CT molecular complexity index is 1030. The lowest BCUT2D eigenvalue weighted by Crippen LogP contribution is -2.22. The van der Waals surface area contributed by atoms with Gasteiger partial charge in [0.05, 0.1) is 0 Å². The largest absolute Gasteiger partial charge is 0.494 e. The molecule has 0 saturated heterocycles. The molecule has 0 aliphatic carbocycles. The van der Waals surface area contributed by atoms with Gasteiger partial charge in [0.15, 0.2) is 17.7 Å².